The van der Waals surface area contributed by atoms with Crippen molar-refractivity contribution in [2.45, 2.75) is 57.4 Å². The van der Waals surface area contributed by atoms with Crippen LogP contribution in [0.4, 0.5) is 0 Å². The molecule has 2 atom stereocenters. The Balaban J connectivity index is 2.28. The van der Waals surface area contributed by atoms with E-state index in [-0.39, 0.29) is 6.04 Å². The zero-order valence-corrected chi connectivity index (χ0v) is 14.6. The lowest BCUT2D eigenvalue weighted by atomic mass is 9.87. The highest BCUT2D eigenvalue weighted by Crippen LogP contribution is 2.29. The third kappa shape index (κ3) is 3.43. The van der Waals surface area contributed by atoms with E-state index in [0.717, 1.165) is 30.4 Å². The summed E-state index contributed by atoms with van der Waals surface area (Å²) in [7, 11) is -3.46. The molecule has 0 heterocycles. The topological polar surface area (TPSA) is 46.2 Å². The molecule has 3 nitrogen and oxygen atoms in total. The summed E-state index contributed by atoms with van der Waals surface area (Å²) in [6, 6.07) is 3.67. The number of benzene rings is 1. The SMILES string of the molecule is Cc1cc(Br)c(S(=O)(=O)NC2CCCCC2C)cc1C. The molecule has 0 aromatic heterocycles. The molecule has 0 radical (unpaired) electrons. The zero-order valence-electron chi connectivity index (χ0n) is 12.2. The predicted molar refractivity (Wildman–Crippen MR) is 85.4 cm³/mol. The number of aryl methyl sites for hydroxylation is 2. The first-order valence-electron chi connectivity index (χ1n) is 7.10. The minimum absolute atomic E-state index is 0.0576. The summed E-state index contributed by atoms with van der Waals surface area (Å²) in [5, 5.41) is 0. The molecule has 1 aromatic rings. The monoisotopic (exact) mass is 359 g/mol. The largest absolute Gasteiger partial charge is 0.241 e. The molecule has 5 heteroatoms. The van der Waals surface area contributed by atoms with Crippen molar-refractivity contribution >= 4 is 26.0 Å². The van der Waals surface area contributed by atoms with Crippen molar-refractivity contribution < 1.29 is 8.42 Å². The molecule has 2 unspecified atom stereocenters. The van der Waals surface area contributed by atoms with Crippen LogP contribution in [-0.2, 0) is 10.0 Å². The molecule has 0 spiro atoms. The van der Waals surface area contributed by atoms with Gasteiger partial charge in [0.1, 0.15) is 0 Å². The fourth-order valence-electron chi connectivity index (χ4n) is 2.71. The summed E-state index contributed by atoms with van der Waals surface area (Å²) < 4.78 is 28.7. The Morgan fingerprint density at radius 1 is 1.15 bits per heavy atom. The molecule has 2 rings (SSSR count). The summed E-state index contributed by atoms with van der Waals surface area (Å²) in [5.41, 5.74) is 2.08. The van der Waals surface area contributed by atoms with Crippen molar-refractivity contribution in [2.75, 3.05) is 0 Å². The molecule has 0 amide bonds. The molecule has 1 aromatic carbocycles. The summed E-state index contributed by atoms with van der Waals surface area (Å²) in [6.45, 7) is 6.04. The maximum atomic E-state index is 12.6. The lowest BCUT2D eigenvalue weighted by molar-refractivity contribution is 0.310. The van der Waals surface area contributed by atoms with Gasteiger partial charge in [-0.05, 0) is 71.8 Å². The maximum absolute atomic E-state index is 12.6. The normalized spacial score (nSPS) is 23.8. The van der Waals surface area contributed by atoms with Crippen molar-refractivity contribution in [3.63, 3.8) is 0 Å². The van der Waals surface area contributed by atoms with E-state index in [1.807, 2.05) is 19.9 Å². The van der Waals surface area contributed by atoms with Gasteiger partial charge in [-0.25, -0.2) is 13.1 Å². The van der Waals surface area contributed by atoms with Crippen LogP contribution in [-0.4, -0.2) is 14.5 Å². The molecule has 1 N–H and O–H groups in total. The van der Waals surface area contributed by atoms with Crippen LogP contribution in [0.5, 0.6) is 0 Å². The third-order valence-corrected chi connectivity index (χ3v) is 6.70. The molecule has 1 aliphatic rings. The Kier molecular flexibility index (Phi) is 4.92. The number of hydrogen-bond acceptors (Lipinski definition) is 2. The number of halogens is 1. The second-order valence-electron chi connectivity index (χ2n) is 5.86. The van der Waals surface area contributed by atoms with Gasteiger partial charge in [-0.1, -0.05) is 19.8 Å². The minimum Gasteiger partial charge on any atom is -0.208 e. The molecule has 20 heavy (non-hydrogen) atoms. The first-order chi connectivity index (χ1) is 9.31. The van der Waals surface area contributed by atoms with Gasteiger partial charge >= 0.3 is 0 Å². The first kappa shape index (κ1) is 16.0. The summed E-state index contributed by atoms with van der Waals surface area (Å²) in [5.74, 6) is 0.406. The molecular formula is C15H22BrNO2S. The van der Waals surface area contributed by atoms with Crippen molar-refractivity contribution in [1.29, 1.82) is 0 Å². The van der Waals surface area contributed by atoms with Gasteiger partial charge in [0, 0.05) is 10.5 Å². The van der Waals surface area contributed by atoms with E-state index < -0.39 is 10.0 Å². The number of hydrogen-bond donors (Lipinski definition) is 1. The van der Waals surface area contributed by atoms with Crippen LogP contribution in [0.3, 0.4) is 0 Å². The highest BCUT2D eigenvalue weighted by Gasteiger charge is 2.28. The van der Waals surface area contributed by atoms with Gasteiger partial charge in [0.25, 0.3) is 0 Å². The van der Waals surface area contributed by atoms with Crippen LogP contribution in [0.2, 0.25) is 0 Å². The van der Waals surface area contributed by atoms with Gasteiger partial charge < -0.3 is 0 Å². The van der Waals surface area contributed by atoms with Gasteiger partial charge in [0.15, 0.2) is 0 Å². The average Bonchev–Trinajstić information content (AvgIpc) is 2.36. The Hall–Kier alpha value is -0.390. The molecule has 1 aliphatic carbocycles. The average molecular weight is 360 g/mol. The first-order valence-corrected chi connectivity index (χ1v) is 9.38. The number of nitrogens with one attached hydrogen (secondary N) is 1. The summed E-state index contributed by atoms with van der Waals surface area (Å²) >= 11 is 3.38. The molecule has 0 bridgehead atoms. The second-order valence-corrected chi connectivity index (χ2v) is 8.39. The van der Waals surface area contributed by atoms with E-state index >= 15 is 0 Å². The Labute approximate surface area is 130 Å². The lowest BCUT2D eigenvalue weighted by Crippen LogP contribution is -2.41. The van der Waals surface area contributed by atoms with Gasteiger partial charge in [-0.3, -0.25) is 0 Å². The van der Waals surface area contributed by atoms with Crippen LogP contribution >= 0.6 is 15.9 Å². The molecule has 112 valence electrons. The summed E-state index contributed by atoms with van der Waals surface area (Å²) in [4.78, 5) is 0.346. The van der Waals surface area contributed by atoms with E-state index in [1.165, 1.54) is 6.42 Å². The van der Waals surface area contributed by atoms with Crippen LogP contribution < -0.4 is 4.72 Å². The zero-order chi connectivity index (χ0) is 14.9. The predicted octanol–water partition coefficient (Wildman–Crippen LogP) is 3.92. The van der Waals surface area contributed by atoms with Crippen LogP contribution in [0.25, 0.3) is 0 Å². The second kappa shape index (κ2) is 6.16. The van der Waals surface area contributed by atoms with Gasteiger partial charge in [-0.2, -0.15) is 0 Å². The van der Waals surface area contributed by atoms with E-state index in [4.69, 9.17) is 0 Å². The lowest BCUT2D eigenvalue weighted by Gasteiger charge is -2.29. The molecule has 0 aliphatic heterocycles. The minimum atomic E-state index is -3.46. The molecule has 1 saturated carbocycles. The maximum Gasteiger partial charge on any atom is 0.241 e. The van der Waals surface area contributed by atoms with Gasteiger partial charge in [-0.15, -0.1) is 0 Å². The fraction of sp³-hybridized carbons (Fsp3) is 0.600. The fourth-order valence-corrected chi connectivity index (χ4v) is 5.33. The Bertz CT molecular complexity index is 598. The van der Waals surface area contributed by atoms with E-state index in [9.17, 15) is 8.42 Å². The van der Waals surface area contributed by atoms with E-state index in [0.29, 0.717) is 15.3 Å². The highest BCUT2D eigenvalue weighted by molar-refractivity contribution is 9.10. The van der Waals surface area contributed by atoms with Crippen LogP contribution in [0, 0.1) is 19.8 Å². The molecular weight excluding hydrogens is 338 g/mol. The van der Waals surface area contributed by atoms with Gasteiger partial charge in [0.2, 0.25) is 10.0 Å². The third-order valence-electron chi connectivity index (χ3n) is 4.26. The molecule has 1 fully saturated rings. The Morgan fingerprint density at radius 2 is 1.75 bits per heavy atom. The van der Waals surface area contributed by atoms with Crippen molar-refractivity contribution in [2.24, 2.45) is 5.92 Å². The van der Waals surface area contributed by atoms with Crippen LogP contribution in [0.15, 0.2) is 21.5 Å². The number of rotatable bonds is 3. The van der Waals surface area contributed by atoms with Gasteiger partial charge in [0.05, 0.1) is 4.90 Å². The highest BCUT2D eigenvalue weighted by atomic mass is 79.9. The van der Waals surface area contributed by atoms with E-state index in [2.05, 4.69) is 27.6 Å². The Morgan fingerprint density at radius 3 is 2.40 bits per heavy atom. The standard InChI is InChI=1S/C15H22BrNO2S/c1-10-6-4-5-7-14(10)17-20(18,19)15-9-12(3)11(2)8-13(15)16/h8-10,14,17H,4-7H2,1-3H3. The van der Waals surface area contributed by atoms with Crippen molar-refractivity contribution in [1.82, 2.24) is 4.72 Å². The molecule has 0 saturated heterocycles. The smallest absolute Gasteiger partial charge is 0.208 e. The van der Waals surface area contributed by atoms with Crippen molar-refractivity contribution in [3.8, 4) is 0 Å². The summed E-state index contributed by atoms with van der Waals surface area (Å²) in [6.07, 6.45) is 4.34. The number of sulfonamides is 1. The quantitative estimate of drug-likeness (QED) is 0.888. The van der Waals surface area contributed by atoms with Crippen molar-refractivity contribution in [3.05, 3.63) is 27.7 Å². The van der Waals surface area contributed by atoms with E-state index in [1.54, 1.807) is 6.07 Å². The van der Waals surface area contributed by atoms with Crippen LogP contribution in [0.1, 0.15) is 43.7 Å².